The Morgan fingerprint density at radius 1 is 1.22 bits per heavy atom. The molecule has 5 atom stereocenters. The van der Waals surface area contributed by atoms with Crippen molar-refractivity contribution in [3.63, 3.8) is 0 Å². The molecule has 3 aliphatic heterocycles. The number of rotatable bonds is 4. The van der Waals surface area contributed by atoms with Crippen LogP contribution in [0.4, 0.5) is 0 Å². The lowest BCUT2D eigenvalue weighted by atomic mass is 10.0. The monoisotopic (exact) mass is 331 g/mol. The molecule has 0 aromatic heterocycles. The van der Waals surface area contributed by atoms with Crippen molar-refractivity contribution >= 4 is 5.97 Å². The minimum Gasteiger partial charge on any atom is -0.467 e. The van der Waals surface area contributed by atoms with E-state index in [2.05, 4.69) is 0 Å². The molecule has 3 saturated heterocycles. The molecule has 0 aromatic rings. The van der Waals surface area contributed by atoms with Crippen molar-refractivity contribution < 1.29 is 33.3 Å². The molecule has 0 aromatic carbocycles. The van der Waals surface area contributed by atoms with Gasteiger partial charge in [-0.3, -0.25) is 4.84 Å². The smallest absolute Gasteiger partial charge is 0.340 e. The number of esters is 1. The summed E-state index contributed by atoms with van der Waals surface area (Å²) in [5, 5.41) is 1.66. The molecule has 0 saturated carbocycles. The van der Waals surface area contributed by atoms with Crippen LogP contribution in [0.3, 0.4) is 0 Å². The Bertz CT molecular complexity index is 471. The number of hydrogen-bond donors (Lipinski definition) is 0. The fourth-order valence-electron chi connectivity index (χ4n) is 3.40. The maximum absolute atomic E-state index is 11.9. The lowest BCUT2D eigenvalue weighted by Gasteiger charge is -2.30. The van der Waals surface area contributed by atoms with Crippen molar-refractivity contribution in [2.24, 2.45) is 0 Å². The van der Waals surface area contributed by atoms with Crippen molar-refractivity contribution in [1.29, 1.82) is 0 Å². The molecule has 0 aliphatic carbocycles. The normalized spacial score (nSPS) is 42.8. The van der Waals surface area contributed by atoms with E-state index in [0.717, 1.165) is 0 Å². The molecule has 3 heterocycles. The topological polar surface area (TPSA) is 75.7 Å². The van der Waals surface area contributed by atoms with Gasteiger partial charge < -0.3 is 23.7 Å². The molecule has 0 bridgehead atoms. The molecular weight excluding hydrogens is 306 g/mol. The highest BCUT2D eigenvalue weighted by Gasteiger charge is 2.59. The highest BCUT2D eigenvalue weighted by Crippen LogP contribution is 2.42. The zero-order valence-electron chi connectivity index (χ0n) is 14.2. The predicted molar refractivity (Wildman–Crippen MR) is 77.2 cm³/mol. The Kier molecular flexibility index (Phi) is 4.41. The van der Waals surface area contributed by atoms with E-state index < -0.39 is 23.6 Å². The van der Waals surface area contributed by atoms with Gasteiger partial charge in [-0.1, -0.05) is 0 Å². The first-order valence-corrected chi connectivity index (χ1v) is 7.84. The van der Waals surface area contributed by atoms with Gasteiger partial charge in [-0.05, 0) is 20.8 Å². The van der Waals surface area contributed by atoms with Gasteiger partial charge in [0.1, 0.15) is 18.3 Å². The van der Waals surface area contributed by atoms with E-state index in [-0.39, 0.29) is 18.3 Å². The number of carbonyl (C=O) groups is 1. The molecule has 3 rings (SSSR count). The summed E-state index contributed by atoms with van der Waals surface area (Å²) in [6.07, 6.45) is -0.705. The Hall–Kier alpha value is -0.770. The van der Waals surface area contributed by atoms with Crippen LogP contribution in [0.1, 0.15) is 27.2 Å². The van der Waals surface area contributed by atoms with Crippen LogP contribution >= 0.6 is 0 Å². The van der Waals surface area contributed by atoms with Gasteiger partial charge in [0.05, 0.1) is 13.7 Å². The van der Waals surface area contributed by atoms with Gasteiger partial charge in [-0.25, -0.2) is 4.79 Å². The third-order valence-corrected chi connectivity index (χ3v) is 4.49. The zero-order chi connectivity index (χ0) is 16.8. The number of ether oxygens (including phenoxy) is 5. The summed E-state index contributed by atoms with van der Waals surface area (Å²) in [6, 6.07) is 0. The summed E-state index contributed by atoms with van der Waals surface area (Å²) in [5.74, 6) is -1.08. The van der Waals surface area contributed by atoms with Gasteiger partial charge in [0.2, 0.25) is 0 Å². The fraction of sp³-hybridized carbons (Fsp3) is 0.933. The first-order valence-electron chi connectivity index (χ1n) is 7.84. The van der Waals surface area contributed by atoms with E-state index in [1.807, 2.05) is 13.8 Å². The number of hydroxylamine groups is 2. The standard InChI is InChI=1S/C15H25NO7/c1-14(2)21-10-9(8-18-4)20-12(11(10)22-14)16-7-6-15(3,23-16)13(17)19-5/h9-12H,6-8H2,1-5H3/t9-,10-,11-,12-,15?/m1/s1. The number of hydrogen-bond acceptors (Lipinski definition) is 8. The second-order valence-corrected chi connectivity index (χ2v) is 6.79. The molecule has 0 spiro atoms. The Labute approximate surface area is 135 Å². The lowest BCUT2D eigenvalue weighted by molar-refractivity contribution is -0.290. The van der Waals surface area contributed by atoms with Crippen LogP contribution in [0.2, 0.25) is 0 Å². The van der Waals surface area contributed by atoms with E-state index in [9.17, 15) is 4.79 Å². The minimum atomic E-state index is -0.998. The van der Waals surface area contributed by atoms with E-state index in [0.29, 0.717) is 19.6 Å². The first kappa shape index (κ1) is 17.1. The van der Waals surface area contributed by atoms with Crippen LogP contribution in [0.25, 0.3) is 0 Å². The van der Waals surface area contributed by atoms with Crippen LogP contribution in [0.5, 0.6) is 0 Å². The average Bonchev–Trinajstić information content (AvgIpc) is 3.12. The maximum Gasteiger partial charge on any atom is 0.340 e. The quantitative estimate of drug-likeness (QED) is 0.687. The van der Waals surface area contributed by atoms with E-state index >= 15 is 0 Å². The molecule has 132 valence electrons. The summed E-state index contributed by atoms with van der Waals surface area (Å²) < 4.78 is 28.0. The van der Waals surface area contributed by atoms with Crippen molar-refractivity contribution in [2.75, 3.05) is 27.4 Å². The highest BCUT2D eigenvalue weighted by atomic mass is 16.8. The van der Waals surface area contributed by atoms with Crippen molar-refractivity contribution in [3.05, 3.63) is 0 Å². The van der Waals surface area contributed by atoms with Gasteiger partial charge in [0, 0.05) is 20.1 Å². The molecular formula is C15H25NO7. The average molecular weight is 331 g/mol. The van der Waals surface area contributed by atoms with E-state index in [4.69, 9.17) is 28.5 Å². The molecule has 23 heavy (non-hydrogen) atoms. The van der Waals surface area contributed by atoms with Crippen LogP contribution in [0.15, 0.2) is 0 Å². The van der Waals surface area contributed by atoms with E-state index in [1.54, 1.807) is 19.1 Å². The maximum atomic E-state index is 11.9. The summed E-state index contributed by atoms with van der Waals surface area (Å²) >= 11 is 0. The number of fused-ring (bicyclic) bond motifs is 1. The zero-order valence-corrected chi connectivity index (χ0v) is 14.2. The van der Waals surface area contributed by atoms with Gasteiger partial charge in [0.15, 0.2) is 17.6 Å². The summed E-state index contributed by atoms with van der Waals surface area (Å²) in [5.41, 5.74) is -0.998. The lowest BCUT2D eigenvalue weighted by Crippen LogP contribution is -2.45. The Morgan fingerprint density at radius 3 is 2.57 bits per heavy atom. The van der Waals surface area contributed by atoms with Crippen LogP contribution in [-0.4, -0.2) is 74.3 Å². The largest absolute Gasteiger partial charge is 0.467 e. The second kappa shape index (κ2) is 5.94. The minimum absolute atomic E-state index is 0.233. The third kappa shape index (κ3) is 2.99. The van der Waals surface area contributed by atoms with Gasteiger partial charge >= 0.3 is 5.97 Å². The fourth-order valence-corrected chi connectivity index (χ4v) is 3.40. The van der Waals surface area contributed by atoms with Crippen LogP contribution < -0.4 is 0 Å². The summed E-state index contributed by atoms with van der Waals surface area (Å²) in [6.45, 7) is 6.40. The van der Waals surface area contributed by atoms with Gasteiger partial charge in [-0.15, -0.1) is 0 Å². The molecule has 0 radical (unpaired) electrons. The molecule has 8 heteroatoms. The number of methoxy groups -OCH3 is 2. The number of carbonyl (C=O) groups excluding carboxylic acids is 1. The molecule has 0 amide bonds. The first-order chi connectivity index (χ1) is 10.8. The van der Waals surface area contributed by atoms with Crippen molar-refractivity contribution in [2.45, 2.75) is 63.1 Å². The highest BCUT2D eigenvalue weighted by molar-refractivity contribution is 5.79. The third-order valence-electron chi connectivity index (χ3n) is 4.49. The molecule has 1 unspecified atom stereocenters. The van der Waals surface area contributed by atoms with Crippen LogP contribution in [-0.2, 0) is 33.3 Å². The molecule has 3 aliphatic rings. The van der Waals surface area contributed by atoms with Gasteiger partial charge in [0.25, 0.3) is 0 Å². The second-order valence-electron chi connectivity index (χ2n) is 6.79. The molecule has 0 N–H and O–H groups in total. The molecule has 3 fully saturated rings. The van der Waals surface area contributed by atoms with E-state index in [1.165, 1.54) is 7.11 Å². The molecule has 8 nitrogen and oxygen atoms in total. The Morgan fingerprint density at radius 2 is 1.91 bits per heavy atom. The van der Waals surface area contributed by atoms with Crippen molar-refractivity contribution in [3.8, 4) is 0 Å². The predicted octanol–water partition coefficient (Wildman–Crippen LogP) is 0.447. The number of nitrogens with zero attached hydrogens (tertiary/aromatic N) is 1. The summed E-state index contributed by atoms with van der Waals surface area (Å²) in [7, 11) is 2.97. The van der Waals surface area contributed by atoms with Gasteiger partial charge in [-0.2, -0.15) is 5.06 Å². The van der Waals surface area contributed by atoms with Crippen molar-refractivity contribution in [1.82, 2.24) is 5.06 Å². The Balaban J connectivity index is 1.74. The summed E-state index contributed by atoms with van der Waals surface area (Å²) in [4.78, 5) is 17.7. The SMILES string of the molecule is COC[C@H]1O[C@@H](N2CCC(C)(C(=O)OC)O2)[C@@H]2OC(C)(C)O[C@@H]21. The van der Waals surface area contributed by atoms with Crippen LogP contribution in [0, 0.1) is 0 Å².